The van der Waals surface area contributed by atoms with E-state index in [-0.39, 0.29) is 47.2 Å². The Balaban J connectivity index is 1.67. The number of likely N-dealkylation sites (tertiary alicyclic amines) is 1. The molecule has 0 saturated carbocycles. The van der Waals surface area contributed by atoms with Crippen LogP contribution in [0.5, 0.6) is 0 Å². The van der Waals surface area contributed by atoms with Crippen LogP contribution in [0.4, 0.5) is 13.2 Å². The summed E-state index contributed by atoms with van der Waals surface area (Å²) in [4.78, 5) is 30.1. The highest BCUT2D eigenvalue weighted by atomic mass is 35.5. The molecule has 0 unspecified atom stereocenters. The van der Waals surface area contributed by atoms with Crippen molar-refractivity contribution in [2.45, 2.75) is 25.1 Å². The SMILES string of the molecule is O=C(CCCl)N[C@@H]1CCN(C(=O)c2nc3c(C(F)(F)F)cc(-c4ccoc4)cn3c2Cl)C1. The highest BCUT2D eigenvalue weighted by Gasteiger charge is 2.37. The summed E-state index contributed by atoms with van der Waals surface area (Å²) in [5, 5.41) is 2.55. The zero-order valence-corrected chi connectivity index (χ0v) is 18.0. The smallest absolute Gasteiger partial charge is 0.420 e. The highest BCUT2D eigenvalue weighted by Crippen LogP contribution is 2.37. The molecule has 1 aliphatic heterocycles. The average Bonchev–Trinajstić information content (AvgIpc) is 3.47. The Morgan fingerprint density at radius 2 is 2.09 bits per heavy atom. The van der Waals surface area contributed by atoms with E-state index < -0.39 is 23.3 Å². The molecule has 0 radical (unpaired) electrons. The minimum atomic E-state index is -4.72. The van der Waals surface area contributed by atoms with Gasteiger partial charge >= 0.3 is 6.18 Å². The lowest BCUT2D eigenvalue weighted by atomic mass is 10.1. The molecule has 2 amide bonds. The summed E-state index contributed by atoms with van der Waals surface area (Å²) in [7, 11) is 0. The molecule has 1 atom stereocenters. The number of nitrogens with zero attached hydrogens (tertiary/aromatic N) is 3. The van der Waals surface area contributed by atoms with E-state index in [9.17, 15) is 22.8 Å². The summed E-state index contributed by atoms with van der Waals surface area (Å²) in [6, 6.07) is 2.18. The van der Waals surface area contributed by atoms with Crippen molar-refractivity contribution in [2.75, 3.05) is 19.0 Å². The number of furan rings is 1. The Morgan fingerprint density at radius 3 is 2.75 bits per heavy atom. The molecule has 1 fully saturated rings. The predicted octanol–water partition coefficient (Wildman–Crippen LogP) is 4.23. The summed E-state index contributed by atoms with van der Waals surface area (Å²) >= 11 is 11.9. The molecule has 1 N–H and O–H groups in total. The number of aromatic nitrogens is 2. The van der Waals surface area contributed by atoms with E-state index in [4.69, 9.17) is 27.6 Å². The molecule has 0 bridgehead atoms. The molecule has 4 heterocycles. The molecular formula is C20H17Cl2F3N4O3. The van der Waals surface area contributed by atoms with Crippen molar-refractivity contribution in [3.63, 3.8) is 0 Å². The Labute approximate surface area is 190 Å². The van der Waals surface area contributed by atoms with Crippen molar-refractivity contribution in [3.8, 4) is 11.1 Å². The molecule has 3 aromatic heterocycles. The Kier molecular flexibility index (Phi) is 6.09. The minimum Gasteiger partial charge on any atom is -0.472 e. The molecule has 7 nitrogen and oxygen atoms in total. The number of rotatable bonds is 5. The number of hydrogen-bond acceptors (Lipinski definition) is 4. The van der Waals surface area contributed by atoms with Crippen LogP contribution in [0.3, 0.4) is 0 Å². The lowest BCUT2D eigenvalue weighted by Gasteiger charge is -2.16. The number of alkyl halides is 4. The molecule has 1 aliphatic rings. The predicted molar refractivity (Wildman–Crippen MR) is 111 cm³/mol. The first kappa shape index (κ1) is 22.5. The van der Waals surface area contributed by atoms with Crippen LogP contribution >= 0.6 is 23.2 Å². The molecule has 0 aliphatic carbocycles. The second-order valence-electron chi connectivity index (χ2n) is 7.34. The van der Waals surface area contributed by atoms with Crippen molar-refractivity contribution >= 4 is 40.7 Å². The zero-order chi connectivity index (χ0) is 23.0. The van der Waals surface area contributed by atoms with Gasteiger partial charge in [-0.15, -0.1) is 11.6 Å². The third-order valence-corrected chi connectivity index (χ3v) is 5.74. The maximum absolute atomic E-state index is 13.8. The van der Waals surface area contributed by atoms with Gasteiger partial charge in [0, 0.05) is 48.8 Å². The number of pyridine rings is 1. The van der Waals surface area contributed by atoms with Gasteiger partial charge in [-0.2, -0.15) is 13.2 Å². The number of hydrogen-bond donors (Lipinski definition) is 1. The Hall–Kier alpha value is -2.72. The van der Waals surface area contributed by atoms with Gasteiger partial charge in [-0.1, -0.05) is 11.6 Å². The average molecular weight is 489 g/mol. The van der Waals surface area contributed by atoms with Crippen molar-refractivity contribution < 1.29 is 27.2 Å². The van der Waals surface area contributed by atoms with Crippen molar-refractivity contribution in [1.29, 1.82) is 0 Å². The van der Waals surface area contributed by atoms with Crippen LogP contribution in [-0.4, -0.2) is 51.1 Å². The maximum Gasteiger partial charge on any atom is 0.420 e. The second kappa shape index (κ2) is 8.67. The van der Waals surface area contributed by atoms with E-state index in [2.05, 4.69) is 10.3 Å². The molecule has 12 heteroatoms. The molecule has 32 heavy (non-hydrogen) atoms. The first-order valence-electron chi connectivity index (χ1n) is 9.65. The largest absolute Gasteiger partial charge is 0.472 e. The van der Waals surface area contributed by atoms with Crippen molar-refractivity contribution in [2.24, 2.45) is 0 Å². The van der Waals surface area contributed by atoms with Crippen LogP contribution in [-0.2, 0) is 11.0 Å². The fraction of sp³-hybridized carbons (Fsp3) is 0.350. The number of fused-ring (bicyclic) bond motifs is 1. The minimum absolute atomic E-state index is 0.156. The Bertz CT molecular complexity index is 1160. The molecule has 3 aromatic rings. The van der Waals surface area contributed by atoms with Gasteiger partial charge in [0.05, 0.1) is 18.1 Å². The van der Waals surface area contributed by atoms with Gasteiger partial charge < -0.3 is 14.6 Å². The van der Waals surface area contributed by atoms with Gasteiger partial charge in [0.2, 0.25) is 5.91 Å². The van der Waals surface area contributed by atoms with Gasteiger partial charge in [-0.3, -0.25) is 14.0 Å². The fourth-order valence-corrected chi connectivity index (χ4v) is 4.07. The molecule has 170 valence electrons. The highest BCUT2D eigenvalue weighted by molar-refractivity contribution is 6.33. The Morgan fingerprint density at radius 1 is 1.31 bits per heavy atom. The maximum atomic E-state index is 13.8. The van der Waals surface area contributed by atoms with E-state index in [0.29, 0.717) is 18.5 Å². The summed E-state index contributed by atoms with van der Waals surface area (Å²) in [6.07, 6.45) is -0.0388. The third kappa shape index (κ3) is 4.29. The van der Waals surface area contributed by atoms with E-state index in [0.717, 1.165) is 10.5 Å². The summed E-state index contributed by atoms with van der Waals surface area (Å²) in [6.45, 7) is 0.505. The third-order valence-electron chi connectivity index (χ3n) is 5.19. The van der Waals surface area contributed by atoms with E-state index in [1.165, 1.54) is 29.7 Å². The van der Waals surface area contributed by atoms with E-state index in [1.807, 2.05) is 0 Å². The van der Waals surface area contributed by atoms with E-state index in [1.54, 1.807) is 0 Å². The van der Waals surface area contributed by atoms with Crippen LogP contribution in [0.15, 0.2) is 35.3 Å². The number of carbonyl (C=O) groups is 2. The summed E-state index contributed by atoms with van der Waals surface area (Å²) in [5.41, 5.74) is -1.14. The quantitative estimate of drug-likeness (QED) is 0.545. The summed E-state index contributed by atoms with van der Waals surface area (Å²) < 4.78 is 47.3. The van der Waals surface area contributed by atoms with Crippen molar-refractivity contribution in [1.82, 2.24) is 19.6 Å². The fourth-order valence-electron chi connectivity index (χ4n) is 3.65. The molecule has 0 aromatic carbocycles. The second-order valence-corrected chi connectivity index (χ2v) is 8.08. The van der Waals surface area contributed by atoms with Crippen LogP contribution < -0.4 is 5.32 Å². The normalized spacial score (nSPS) is 16.7. The number of imidazole rings is 1. The van der Waals surface area contributed by atoms with Gasteiger partial charge in [0.1, 0.15) is 5.15 Å². The molecular weight excluding hydrogens is 472 g/mol. The molecule has 4 rings (SSSR count). The van der Waals surface area contributed by atoms with Crippen LogP contribution in [0.1, 0.15) is 28.9 Å². The molecule has 1 saturated heterocycles. The van der Waals surface area contributed by atoms with Gasteiger partial charge in [-0.25, -0.2) is 4.98 Å². The van der Waals surface area contributed by atoms with Gasteiger partial charge in [0.15, 0.2) is 11.3 Å². The van der Waals surface area contributed by atoms with E-state index >= 15 is 0 Å². The van der Waals surface area contributed by atoms with Crippen molar-refractivity contribution in [3.05, 3.63) is 47.3 Å². The number of amides is 2. The zero-order valence-electron chi connectivity index (χ0n) is 16.5. The summed E-state index contributed by atoms with van der Waals surface area (Å²) in [5.74, 6) is -0.655. The lowest BCUT2D eigenvalue weighted by molar-refractivity contribution is -0.136. The first-order valence-corrected chi connectivity index (χ1v) is 10.6. The van der Waals surface area contributed by atoms with Crippen LogP contribution in [0.25, 0.3) is 16.8 Å². The first-order chi connectivity index (χ1) is 15.2. The molecule has 0 spiro atoms. The number of carbonyl (C=O) groups excluding carboxylic acids is 2. The lowest BCUT2D eigenvalue weighted by Crippen LogP contribution is -2.38. The van der Waals surface area contributed by atoms with Gasteiger partial charge in [-0.05, 0) is 18.6 Å². The standard InChI is InChI=1S/C20H17Cl2F3N4O3/c21-4-1-15(30)26-13-2-5-28(9-13)19(31)16-17(22)29-8-12(11-3-6-32-10-11)7-14(18(29)27-16)20(23,24)25/h3,6-8,10,13H,1-2,4-5,9H2,(H,26,30)/t13-/m1/s1. The number of nitrogens with one attached hydrogen (secondary N) is 1. The number of halogens is 5. The van der Waals surface area contributed by atoms with Gasteiger partial charge in [0.25, 0.3) is 5.91 Å². The van der Waals surface area contributed by atoms with Crippen LogP contribution in [0, 0.1) is 0 Å². The monoisotopic (exact) mass is 488 g/mol. The van der Waals surface area contributed by atoms with Crippen LogP contribution in [0.2, 0.25) is 5.15 Å². The topological polar surface area (TPSA) is 79.8 Å².